The number of carbonyl (C=O) groups is 2. The predicted octanol–water partition coefficient (Wildman–Crippen LogP) is 3.32. The van der Waals surface area contributed by atoms with Gasteiger partial charge < -0.3 is 15.4 Å². The molecule has 0 aromatic heterocycles. The first kappa shape index (κ1) is 17.9. The molecule has 1 aliphatic carbocycles. The molecule has 1 heterocycles. The van der Waals surface area contributed by atoms with E-state index >= 15 is 0 Å². The number of unbranched alkanes of at least 4 members (excludes halogenated alkanes) is 1. The Balaban J connectivity index is 1.58. The summed E-state index contributed by atoms with van der Waals surface area (Å²) in [7, 11) is 0. The Morgan fingerprint density at radius 1 is 1.32 bits per heavy atom. The number of ether oxygens (including phenoxy) is 1. The second kappa shape index (κ2) is 8.48. The van der Waals surface area contributed by atoms with Crippen molar-refractivity contribution < 1.29 is 14.3 Å². The van der Waals surface area contributed by atoms with Crippen LogP contribution in [0.1, 0.15) is 54.9 Å². The average molecular weight is 344 g/mol. The lowest BCUT2D eigenvalue weighted by Gasteiger charge is -2.24. The Morgan fingerprint density at radius 3 is 2.88 bits per heavy atom. The van der Waals surface area contributed by atoms with Gasteiger partial charge in [-0.05, 0) is 68.8 Å². The molecular weight excluding hydrogens is 316 g/mol. The van der Waals surface area contributed by atoms with Gasteiger partial charge in [-0.3, -0.25) is 4.79 Å². The highest BCUT2D eigenvalue weighted by atomic mass is 16.6. The van der Waals surface area contributed by atoms with Crippen LogP contribution in [0.5, 0.6) is 5.75 Å². The number of nitrogens with one attached hydrogen (secondary N) is 2. The van der Waals surface area contributed by atoms with E-state index in [2.05, 4.69) is 17.6 Å². The molecule has 0 saturated carbocycles. The summed E-state index contributed by atoms with van der Waals surface area (Å²) in [4.78, 5) is 24.5. The van der Waals surface area contributed by atoms with E-state index in [0.29, 0.717) is 18.2 Å². The standard InChI is InChI=1S/C20H28N2O3/c1-2-3-8-22-20(24)25-17-5-4-15-12-16(19(23)18(15)13-17)11-14-6-9-21-10-7-14/h4-5,13-14,16,21H,2-3,6-12H2,1H3,(H,22,24). The van der Waals surface area contributed by atoms with Gasteiger partial charge in [-0.1, -0.05) is 19.4 Å². The predicted molar refractivity (Wildman–Crippen MR) is 97.1 cm³/mol. The number of hydrogen-bond donors (Lipinski definition) is 2. The van der Waals surface area contributed by atoms with E-state index in [1.54, 1.807) is 12.1 Å². The van der Waals surface area contributed by atoms with E-state index in [4.69, 9.17) is 4.74 Å². The van der Waals surface area contributed by atoms with Gasteiger partial charge in [-0.15, -0.1) is 0 Å². The molecule has 1 saturated heterocycles. The van der Waals surface area contributed by atoms with Crippen LogP contribution in [0, 0.1) is 11.8 Å². The van der Waals surface area contributed by atoms with Crippen LogP contribution in [0.25, 0.3) is 0 Å². The minimum atomic E-state index is -0.454. The van der Waals surface area contributed by atoms with Gasteiger partial charge in [0.15, 0.2) is 5.78 Å². The first-order valence-electron chi connectivity index (χ1n) is 9.51. The van der Waals surface area contributed by atoms with Gasteiger partial charge in [0.2, 0.25) is 0 Å². The summed E-state index contributed by atoms with van der Waals surface area (Å²) in [5.41, 5.74) is 1.82. The fourth-order valence-corrected chi connectivity index (χ4v) is 3.83. The first-order chi connectivity index (χ1) is 12.2. The molecule has 0 spiro atoms. The molecule has 1 fully saturated rings. The van der Waals surface area contributed by atoms with Gasteiger partial charge in [0.1, 0.15) is 5.75 Å². The molecule has 5 heteroatoms. The Hall–Kier alpha value is -1.88. The van der Waals surface area contributed by atoms with Gasteiger partial charge in [-0.25, -0.2) is 4.79 Å². The molecular formula is C20H28N2O3. The van der Waals surface area contributed by atoms with E-state index in [-0.39, 0.29) is 11.7 Å². The lowest BCUT2D eigenvalue weighted by atomic mass is 9.86. The van der Waals surface area contributed by atoms with E-state index in [1.165, 1.54) is 0 Å². The molecule has 1 atom stereocenters. The monoisotopic (exact) mass is 344 g/mol. The summed E-state index contributed by atoms with van der Waals surface area (Å²) in [5.74, 6) is 1.39. The zero-order valence-electron chi connectivity index (χ0n) is 15.0. The highest BCUT2D eigenvalue weighted by Gasteiger charge is 2.33. The van der Waals surface area contributed by atoms with Crippen molar-refractivity contribution >= 4 is 11.9 Å². The van der Waals surface area contributed by atoms with Crippen molar-refractivity contribution in [2.45, 2.75) is 45.4 Å². The zero-order chi connectivity index (χ0) is 17.6. The second-order valence-corrected chi connectivity index (χ2v) is 7.18. The molecule has 2 aliphatic rings. The molecule has 1 amide bonds. The summed E-state index contributed by atoms with van der Waals surface area (Å²) >= 11 is 0. The normalized spacial score (nSPS) is 20.4. The van der Waals surface area contributed by atoms with Gasteiger partial charge in [0.05, 0.1) is 0 Å². The minimum absolute atomic E-state index is 0.0896. The van der Waals surface area contributed by atoms with Crippen LogP contribution in [-0.4, -0.2) is 31.5 Å². The molecule has 5 nitrogen and oxygen atoms in total. The molecule has 0 bridgehead atoms. The Morgan fingerprint density at radius 2 is 2.12 bits per heavy atom. The molecule has 136 valence electrons. The number of benzene rings is 1. The fraction of sp³-hybridized carbons (Fsp3) is 0.600. The van der Waals surface area contributed by atoms with Gasteiger partial charge in [-0.2, -0.15) is 0 Å². The smallest absolute Gasteiger partial charge is 0.410 e. The summed E-state index contributed by atoms with van der Waals surface area (Å²) in [6, 6.07) is 5.46. The maximum Gasteiger partial charge on any atom is 0.412 e. The summed E-state index contributed by atoms with van der Waals surface area (Å²) in [5, 5.41) is 6.09. The van der Waals surface area contributed by atoms with Crippen LogP contribution in [-0.2, 0) is 6.42 Å². The largest absolute Gasteiger partial charge is 0.412 e. The Kier molecular flexibility index (Phi) is 6.08. The van der Waals surface area contributed by atoms with E-state index < -0.39 is 6.09 Å². The number of amides is 1. The maximum absolute atomic E-state index is 12.7. The molecule has 1 aromatic rings. The third kappa shape index (κ3) is 4.60. The third-order valence-corrected chi connectivity index (χ3v) is 5.27. The van der Waals surface area contributed by atoms with Crippen LogP contribution in [0.4, 0.5) is 4.79 Å². The molecule has 25 heavy (non-hydrogen) atoms. The Bertz CT molecular complexity index is 623. The number of piperidine rings is 1. The quantitative estimate of drug-likeness (QED) is 0.777. The molecule has 3 rings (SSSR count). The fourth-order valence-electron chi connectivity index (χ4n) is 3.83. The number of carbonyl (C=O) groups excluding carboxylic acids is 2. The van der Waals surface area contributed by atoms with Crippen molar-refractivity contribution in [2.75, 3.05) is 19.6 Å². The number of Topliss-reactive ketones (excluding diaryl/α,β-unsaturated/α-hetero) is 1. The third-order valence-electron chi connectivity index (χ3n) is 5.27. The van der Waals surface area contributed by atoms with E-state index in [1.807, 2.05) is 6.07 Å². The number of rotatable bonds is 6. The molecule has 1 aliphatic heterocycles. The number of hydrogen-bond acceptors (Lipinski definition) is 4. The topological polar surface area (TPSA) is 67.4 Å². The lowest BCUT2D eigenvalue weighted by molar-refractivity contribution is 0.0912. The van der Waals surface area contributed by atoms with Crippen molar-refractivity contribution in [3.63, 3.8) is 0 Å². The van der Waals surface area contributed by atoms with E-state index in [0.717, 1.165) is 62.7 Å². The number of ketones is 1. The van der Waals surface area contributed by atoms with Crippen LogP contribution in [0.2, 0.25) is 0 Å². The zero-order valence-corrected chi connectivity index (χ0v) is 15.0. The maximum atomic E-state index is 12.7. The minimum Gasteiger partial charge on any atom is -0.410 e. The van der Waals surface area contributed by atoms with Crippen molar-refractivity contribution in [1.82, 2.24) is 10.6 Å². The molecule has 0 radical (unpaired) electrons. The van der Waals surface area contributed by atoms with Crippen molar-refractivity contribution in [3.05, 3.63) is 29.3 Å². The molecule has 1 unspecified atom stereocenters. The molecule has 1 aromatic carbocycles. The van der Waals surface area contributed by atoms with Gasteiger partial charge in [0, 0.05) is 18.0 Å². The van der Waals surface area contributed by atoms with Crippen LogP contribution >= 0.6 is 0 Å². The lowest BCUT2D eigenvalue weighted by Crippen LogP contribution is -2.29. The SMILES string of the molecule is CCCCNC(=O)Oc1ccc2c(c1)C(=O)C(CC1CCNCC1)C2. The average Bonchev–Trinajstić information content (AvgIpc) is 2.92. The van der Waals surface area contributed by atoms with Crippen molar-refractivity contribution in [1.29, 1.82) is 0 Å². The highest BCUT2D eigenvalue weighted by Crippen LogP contribution is 2.34. The summed E-state index contributed by atoms with van der Waals surface area (Å²) in [6.45, 7) is 4.80. The summed E-state index contributed by atoms with van der Waals surface area (Å²) in [6.07, 6.45) is 5.61. The Labute approximate surface area is 149 Å². The van der Waals surface area contributed by atoms with Gasteiger partial charge in [0.25, 0.3) is 0 Å². The van der Waals surface area contributed by atoms with E-state index in [9.17, 15) is 9.59 Å². The second-order valence-electron chi connectivity index (χ2n) is 7.18. The van der Waals surface area contributed by atoms with Crippen molar-refractivity contribution in [2.24, 2.45) is 11.8 Å². The molecule has 2 N–H and O–H groups in total. The first-order valence-corrected chi connectivity index (χ1v) is 9.51. The van der Waals surface area contributed by atoms with Gasteiger partial charge >= 0.3 is 6.09 Å². The van der Waals surface area contributed by atoms with Crippen LogP contribution < -0.4 is 15.4 Å². The number of fused-ring (bicyclic) bond motifs is 1. The van der Waals surface area contributed by atoms with Crippen molar-refractivity contribution in [3.8, 4) is 5.75 Å². The summed E-state index contributed by atoms with van der Waals surface area (Å²) < 4.78 is 5.31. The highest BCUT2D eigenvalue weighted by molar-refractivity contribution is 6.02. The van der Waals surface area contributed by atoms with Crippen LogP contribution in [0.15, 0.2) is 18.2 Å². The van der Waals surface area contributed by atoms with Crippen LogP contribution in [0.3, 0.4) is 0 Å².